The molecule has 0 saturated carbocycles. The molecule has 90 heavy (non-hydrogen) atoms. The topological polar surface area (TPSA) is 78.9 Å². The van der Waals surface area contributed by atoms with E-state index in [2.05, 4.69) is 263 Å². The van der Waals surface area contributed by atoms with Crippen LogP contribution in [0.2, 0.25) is 36.3 Å². The van der Waals surface area contributed by atoms with Crippen LogP contribution in [0.15, 0.2) is 48.5 Å². The first-order valence-corrected chi connectivity index (χ1v) is 37.7. The van der Waals surface area contributed by atoms with E-state index in [4.69, 9.17) is 28.0 Å². The molecule has 2 fully saturated rings. The van der Waals surface area contributed by atoms with Gasteiger partial charge in [0.15, 0.2) is 5.78 Å². The number of hydrogen-bond donors (Lipinski definition) is 0. The Kier molecular flexibility index (Phi) is 32.1. The van der Waals surface area contributed by atoms with Crippen LogP contribution in [0.5, 0.6) is 11.5 Å². The number of hydrogen-bond acceptors (Lipinski definition) is 9. The molecule has 2 saturated heterocycles. The highest BCUT2D eigenvalue weighted by molar-refractivity contribution is 6.74. The average molecular weight is 1250 g/mol. The van der Waals surface area contributed by atoms with Gasteiger partial charge in [-0.2, -0.15) is 10.1 Å². The zero-order valence-corrected chi connectivity index (χ0v) is 60.3. The van der Waals surface area contributed by atoms with Crippen LogP contribution in [0.1, 0.15) is 204 Å². The molecule has 0 radical (unpaired) electrons. The van der Waals surface area contributed by atoms with Gasteiger partial charge in [0.2, 0.25) is 16.6 Å². The smallest absolute Gasteiger partial charge is 0.220 e. The summed E-state index contributed by atoms with van der Waals surface area (Å²) in [5, 5.41) is 4.95. The number of ketones is 1. The van der Waals surface area contributed by atoms with E-state index in [1.165, 1.54) is 0 Å². The zero-order chi connectivity index (χ0) is 67.0. The Morgan fingerprint density at radius 3 is 0.867 bits per heavy atom. The van der Waals surface area contributed by atoms with Gasteiger partial charge in [-0.25, -0.2) is 0 Å². The van der Waals surface area contributed by atoms with Gasteiger partial charge in [-0.05, 0) is 313 Å². The van der Waals surface area contributed by atoms with Crippen molar-refractivity contribution in [3.63, 3.8) is 0 Å². The molecule has 0 N–H and O–H groups in total. The predicted molar refractivity (Wildman–Crippen MR) is 376 cm³/mol. The van der Waals surface area contributed by atoms with Crippen LogP contribution in [-0.2, 0) is 18.5 Å². The highest BCUT2D eigenvalue weighted by atomic mass is 28.4. The summed E-state index contributed by atoms with van der Waals surface area (Å²) in [4.78, 5) is 13.2. The number of ether oxygens (including phenoxy) is 4. The summed E-state index contributed by atoms with van der Waals surface area (Å²) in [7, 11) is -3.90. The molecule has 2 aromatic rings. The molecule has 11 heteroatoms. The first-order chi connectivity index (χ1) is 42.3. The van der Waals surface area contributed by atoms with Crippen molar-refractivity contribution in [1.29, 1.82) is 0 Å². The van der Waals surface area contributed by atoms with Crippen molar-refractivity contribution in [3.05, 3.63) is 59.7 Å². The lowest BCUT2D eigenvalue weighted by molar-refractivity contribution is -0.248. The van der Waals surface area contributed by atoms with Crippen molar-refractivity contribution in [2.45, 2.75) is 258 Å². The third-order valence-corrected chi connectivity index (χ3v) is 24.9. The fourth-order valence-corrected chi connectivity index (χ4v) is 12.5. The van der Waals surface area contributed by atoms with Gasteiger partial charge in [0, 0.05) is 70.2 Å². The standard InChI is InChI=1S/C55H96N2O7Si2.C24H6/c1-50(2,3)65(15,16)63-56-52(7,8)39-47(40-53(56,9)10)61-37-25-21-19-23-35-59-45-31-27-43(28-32-45)49(58)44-29-33-46(34-30-44)60-36-24-20-22-26-38-62-48-41-54(11,12)57(55(13,14)42-48)64-66(17,18)51(4,5)6;1-3-5-7-9-11-13-15-17-19-21-23-24-22-20-18-16-14-12-10-8-6-4-2/h27-34,47-48H,19-26,35-42H2,1-18H3;1-2H3. The van der Waals surface area contributed by atoms with Gasteiger partial charge >= 0.3 is 0 Å². The minimum atomic E-state index is -1.95. The predicted octanol–water partition coefficient (Wildman–Crippen LogP) is 15.8. The van der Waals surface area contributed by atoms with Gasteiger partial charge in [-0.1, -0.05) is 66.2 Å². The number of rotatable bonds is 24. The van der Waals surface area contributed by atoms with E-state index in [-0.39, 0.29) is 50.2 Å². The summed E-state index contributed by atoms with van der Waals surface area (Å²) in [5.74, 6) is 57.2. The highest BCUT2D eigenvalue weighted by Gasteiger charge is 2.53. The lowest BCUT2D eigenvalue weighted by Crippen LogP contribution is -2.65. The molecule has 0 aliphatic carbocycles. The first kappa shape index (κ1) is 77.3. The Bertz CT molecular complexity index is 3150. The minimum absolute atomic E-state index is 0.00754. The monoisotopic (exact) mass is 1250 g/mol. The molecule has 2 aliphatic rings. The van der Waals surface area contributed by atoms with Crippen LogP contribution in [0.3, 0.4) is 0 Å². The first-order valence-electron chi connectivity index (χ1n) is 31.8. The number of carbonyl (C=O) groups excluding carboxylic acids is 1. The summed E-state index contributed by atoms with van der Waals surface area (Å²) in [5.41, 5.74) is 0.912. The molecule has 9 nitrogen and oxygen atoms in total. The zero-order valence-electron chi connectivity index (χ0n) is 58.3. The highest BCUT2D eigenvalue weighted by Crippen LogP contribution is 2.47. The Morgan fingerprint density at radius 2 is 0.633 bits per heavy atom. The van der Waals surface area contributed by atoms with Crippen LogP contribution in [0.4, 0.5) is 0 Å². The maximum atomic E-state index is 13.2. The average Bonchev–Trinajstić information content (AvgIpc) is 0.773. The number of hydroxylamine groups is 4. The SMILES string of the molecule is CC#CC#CC#CC#CC#CC#CC#CC#CC#CC#CC#CC.CC1(C)CC(OCCCCCCOc2ccc(C(=O)c3ccc(OCCCCCCOC4CC(C)(C)N(O[Si](C)(C)C(C)(C)C)C(C)(C)C4)cc3)cc2)CC(C)(C)N1O[Si](C)(C)C(C)(C)C. The van der Waals surface area contributed by atoms with Gasteiger partial charge < -0.3 is 28.0 Å². The van der Waals surface area contributed by atoms with E-state index >= 15 is 0 Å². The van der Waals surface area contributed by atoms with Gasteiger partial charge in [0.25, 0.3) is 0 Å². The maximum Gasteiger partial charge on any atom is 0.220 e. The second-order valence-corrected chi connectivity index (χ2v) is 37.7. The quantitative estimate of drug-likeness (QED) is 0.0442. The summed E-state index contributed by atoms with van der Waals surface area (Å²) >= 11 is 0. The van der Waals surface area contributed by atoms with Crippen molar-refractivity contribution in [1.82, 2.24) is 10.1 Å². The fraction of sp³-hybridized carbons (Fsp3) is 0.557. The second-order valence-electron chi connectivity index (χ2n) is 28.2. The molecule has 2 heterocycles. The number of unbranched alkanes of at least 4 members (excludes halogenated alkanes) is 6. The van der Waals surface area contributed by atoms with Crippen molar-refractivity contribution < 1.29 is 32.8 Å². The lowest BCUT2D eigenvalue weighted by Gasteiger charge is -2.57. The summed E-state index contributed by atoms with van der Waals surface area (Å²) in [6, 6.07) is 15.0. The van der Waals surface area contributed by atoms with Crippen molar-refractivity contribution in [2.75, 3.05) is 26.4 Å². The van der Waals surface area contributed by atoms with E-state index in [0.29, 0.717) is 24.3 Å². The Labute approximate surface area is 548 Å². The normalized spacial score (nSPS) is 15.6. The molecule has 0 spiro atoms. The summed E-state index contributed by atoms with van der Waals surface area (Å²) in [6.45, 7) is 47.9. The van der Waals surface area contributed by atoms with Gasteiger partial charge in [-0.3, -0.25) is 4.79 Å². The van der Waals surface area contributed by atoms with Crippen LogP contribution in [0, 0.1) is 130 Å². The largest absolute Gasteiger partial charge is 0.494 e. The van der Waals surface area contributed by atoms with Crippen molar-refractivity contribution in [2.24, 2.45) is 0 Å². The molecule has 2 aromatic carbocycles. The van der Waals surface area contributed by atoms with Gasteiger partial charge in [-0.15, -0.1) is 0 Å². The molecule has 0 unspecified atom stereocenters. The molecule has 0 amide bonds. The third-order valence-electron chi connectivity index (χ3n) is 16.4. The van der Waals surface area contributed by atoms with Crippen LogP contribution in [0.25, 0.3) is 0 Å². The molecular formula is C79H102N2O7Si2. The van der Waals surface area contributed by atoms with E-state index < -0.39 is 16.6 Å². The van der Waals surface area contributed by atoms with Crippen LogP contribution < -0.4 is 9.47 Å². The molecule has 2 aliphatic heterocycles. The van der Waals surface area contributed by atoms with E-state index in [9.17, 15) is 4.79 Å². The van der Waals surface area contributed by atoms with Crippen LogP contribution >= 0.6 is 0 Å². The summed E-state index contributed by atoms with van der Waals surface area (Å²) < 4.78 is 38.8. The van der Waals surface area contributed by atoms with Crippen LogP contribution in [-0.4, -0.2) is 93.3 Å². The summed E-state index contributed by atoms with van der Waals surface area (Å²) in [6.07, 6.45) is 12.8. The number of piperidine rings is 2. The molecule has 0 atom stereocenters. The van der Waals surface area contributed by atoms with E-state index in [0.717, 1.165) is 102 Å². The Morgan fingerprint density at radius 1 is 0.400 bits per heavy atom. The van der Waals surface area contributed by atoms with Gasteiger partial charge in [0.1, 0.15) is 11.5 Å². The van der Waals surface area contributed by atoms with Crippen molar-refractivity contribution >= 4 is 22.4 Å². The number of carbonyl (C=O) groups is 1. The molecular weight excluding hydrogens is 1150 g/mol. The molecule has 478 valence electrons. The number of nitrogens with zero attached hydrogens (tertiary/aromatic N) is 2. The third kappa shape index (κ3) is 28.1. The number of benzene rings is 2. The molecule has 4 rings (SSSR count). The van der Waals surface area contributed by atoms with E-state index in [1.54, 1.807) is 13.8 Å². The lowest BCUT2D eigenvalue weighted by atomic mass is 9.80. The Balaban J connectivity index is 0.000000741. The van der Waals surface area contributed by atoms with Crippen molar-refractivity contribution in [3.8, 4) is 142 Å². The molecule has 0 aromatic heterocycles. The minimum Gasteiger partial charge on any atom is -0.494 e. The molecule has 0 bridgehead atoms. The maximum absolute atomic E-state index is 13.2. The fourth-order valence-electron chi connectivity index (χ4n) is 10.1. The van der Waals surface area contributed by atoms with E-state index in [1.807, 2.05) is 48.5 Å². The van der Waals surface area contributed by atoms with Gasteiger partial charge in [0.05, 0.1) is 25.4 Å². The second kappa shape index (κ2) is 37.4. The Hall–Kier alpha value is -6.94.